The summed E-state index contributed by atoms with van der Waals surface area (Å²) in [6, 6.07) is 4.41. The molecule has 0 aliphatic carbocycles. The van der Waals surface area contributed by atoms with Gasteiger partial charge in [-0.05, 0) is 98.8 Å². The molecule has 0 amide bonds. The van der Waals surface area contributed by atoms with E-state index >= 15 is 0 Å². The maximum atomic E-state index is 9.63. The number of fused-ring (bicyclic) bond motifs is 5. The highest BCUT2D eigenvalue weighted by atomic mass is 16.3. The zero-order valence-electron chi connectivity index (χ0n) is 43.0. The highest BCUT2D eigenvalue weighted by molar-refractivity contribution is 6.30. The van der Waals surface area contributed by atoms with Crippen LogP contribution in [0.1, 0.15) is 24.7 Å². The van der Waals surface area contributed by atoms with Crippen molar-refractivity contribution in [3.05, 3.63) is 157 Å². The molecular formula is C48H26O. The fraction of sp³-hybridized carbons (Fsp3) is 0. The zero-order valence-corrected chi connectivity index (χ0v) is 25.0. The Labute approximate surface area is 306 Å². The molecular weight excluding hydrogens is 593 g/mol. The molecule has 1 nitrogen and oxygen atoms in total. The number of furan rings is 1. The van der Waals surface area contributed by atoms with E-state index in [9.17, 15) is 11.0 Å². The van der Waals surface area contributed by atoms with Gasteiger partial charge in [-0.15, -0.1) is 0 Å². The fourth-order valence-corrected chi connectivity index (χ4v) is 7.54. The number of hydrogen-bond donors (Lipinski definition) is 0. The molecule has 0 fully saturated rings. The molecule has 0 radical (unpaired) electrons. The highest BCUT2D eigenvalue weighted by Gasteiger charge is 2.22. The van der Waals surface area contributed by atoms with Gasteiger partial charge in [0.15, 0.2) is 0 Å². The summed E-state index contributed by atoms with van der Waals surface area (Å²) in [5, 5.41) is 0.613. The second-order valence-corrected chi connectivity index (χ2v) is 12.1. The summed E-state index contributed by atoms with van der Waals surface area (Å²) in [4.78, 5) is 0. The summed E-state index contributed by atoms with van der Waals surface area (Å²) >= 11 is 0. The SMILES string of the molecule is [2H]c1c([2H])c2c([2H])c([2H])c3c([2H])c([2H])c(-c4ccc(-c5c([2H])c([2H])c6c([2H])c([2H])c7c([2H])c([2H])c([2H])c8c([2H])c([2H])c5c6c78)c5c4oc4c6ccccc6ccc45)c4c([2H])c([2H])c(c1[2H])c2c34. The minimum atomic E-state index is -0.601. The van der Waals surface area contributed by atoms with Crippen LogP contribution in [0.3, 0.4) is 0 Å². The van der Waals surface area contributed by atoms with E-state index in [1.54, 1.807) is 18.2 Å². The van der Waals surface area contributed by atoms with E-state index in [1.807, 2.05) is 24.3 Å². The Morgan fingerprint density at radius 2 is 0.816 bits per heavy atom. The lowest BCUT2D eigenvalue weighted by atomic mass is 9.86. The lowest BCUT2D eigenvalue weighted by Gasteiger charge is -2.16. The molecule has 12 aromatic rings. The molecule has 0 saturated heterocycles. The van der Waals surface area contributed by atoms with Crippen molar-refractivity contribution in [2.75, 3.05) is 0 Å². The lowest BCUT2D eigenvalue weighted by Crippen LogP contribution is -1.90. The second kappa shape index (κ2) is 9.13. The van der Waals surface area contributed by atoms with Crippen LogP contribution in [0, 0.1) is 0 Å². The molecule has 224 valence electrons. The van der Waals surface area contributed by atoms with E-state index in [0.29, 0.717) is 16.4 Å². The minimum absolute atomic E-state index is 0.000285. The Bertz CT molecular complexity index is 4320. The first-order chi connectivity index (χ1) is 31.8. The van der Waals surface area contributed by atoms with Crippen LogP contribution in [0.4, 0.5) is 0 Å². The van der Waals surface area contributed by atoms with E-state index in [0.717, 1.165) is 5.39 Å². The van der Waals surface area contributed by atoms with Gasteiger partial charge in [0.1, 0.15) is 11.2 Å². The van der Waals surface area contributed by atoms with Crippen molar-refractivity contribution in [2.24, 2.45) is 0 Å². The van der Waals surface area contributed by atoms with Crippen LogP contribution in [-0.2, 0) is 0 Å². The molecule has 0 unspecified atom stereocenters. The predicted molar refractivity (Wildman–Crippen MR) is 210 cm³/mol. The van der Waals surface area contributed by atoms with E-state index in [1.165, 1.54) is 6.07 Å². The molecule has 49 heavy (non-hydrogen) atoms. The minimum Gasteiger partial charge on any atom is -0.455 e. The quantitative estimate of drug-likeness (QED) is 0.172. The number of benzene rings is 11. The molecule has 1 heteroatoms. The summed E-state index contributed by atoms with van der Waals surface area (Å²) in [5.41, 5.74) is 0.491. The third-order valence-electron chi connectivity index (χ3n) is 9.67. The maximum absolute atomic E-state index is 9.63. The first kappa shape index (κ1) is 14.4. The van der Waals surface area contributed by atoms with E-state index in [-0.39, 0.29) is 97.9 Å². The fourth-order valence-electron chi connectivity index (χ4n) is 7.54. The molecule has 12 rings (SSSR count). The number of rotatable bonds is 2. The van der Waals surface area contributed by atoms with Gasteiger partial charge in [0, 0.05) is 21.7 Å². The Morgan fingerprint density at radius 1 is 0.306 bits per heavy atom. The third-order valence-corrected chi connectivity index (χ3v) is 9.67. The highest BCUT2D eigenvalue weighted by Crippen LogP contribution is 2.48. The third kappa shape index (κ3) is 3.29. The number of hydrogen-bond acceptors (Lipinski definition) is 1. The van der Waals surface area contributed by atoms with Gasteiger partial charge >= 0.3 is 0 Å². The smallest absolute Gasteiger partial charge is 0.143 e. The molecule has 11 aromatic carbocycles. The van der Waals surface area contributed by atoms with Crippen LogP contribution in [0.5, 0.6) is 0 Å². The second-order valence-electron chi connectivity index (χ2n) is 12.1. The monoisotopic (exact) mass is 636 g/mol. The van der Waals surface area contributed by atoms with Gasteiger partial charge in [0.2, 0.25) is 0 Å². The van der Waals surface area contributed by atoms with Gasteiger partial charge in [-0.1, -0.05) is 145 Å². The largest absolute Gasteiger partial charge is 0.455 e. The first-order valence-corrected chi connectivity index (χ1v) is 15.6. The average Bonchev–Trinajstić information content (AvgIpc) is 3.71. The summed E-state index contributed by atoms with van der Waals surface area (Å²) < 4.78 is 171. The lowest BCUT2D eigenvalue weighted by molar-refractivity contribution is 0.674. The van der Waals surface area contributed by atoms with Crippen molar-refractivity contribution in [3.63, 3.8) is 0 Å². The Morgan fingerprint density at radius 3 is 1.45 bits per heavy atom. The van der Waals surface area contributed by atoms with Gasteiger partial charge in [0.05, 0.1) is 24.7 Å². The maximum Gasteiger partial charge on any atom is 0.143 e. The molecule has 0 N–H and O–H groups in total. The van der Waals surface area contributed by atoms with Crippen molar-refractivity contribution in [1.29, 1.82) is 0 Å². The summed E-state index contributed by atoms with van der Waals surface area (Å²) in [6.45, 7) is 0. The van der Waals surface area contributed by atoms with Crippen molar-refractivity contribution in [1.82, 2.24) is 0 Å². The summed E-state index contributed by atoms with van der Waals surface area (Å²) in [6.07, 6.45) is 0. The van der Waals surface area contributed by atoms with E-state index in [2.05, 4.69) is 0 Å². The van der Waals surface area contributed by atoms with Crippen molar-refractivity contribution >= 4 is 97.3 Å². The molecule has 0 aliphatic rings. The van der Waals surface area contributed by atoms with Crippen molar-refractivity contribution < 1.29 is 29.1 Å². The van der Waals surface area contributed by atoms with Crippen LogP contribution < -0.4 is 0 Å². The van der Waals surface area contributed by atoms with Gasteiger partial charge in [-0.3, -0.25) is 0 Å². The molecule has 1 aromatic heterocycles. The van der Waals surface area contributed by atoms with Crippen LogP contribution in [0.2, 0.25) is 0 Å². The topological polar surface area (TPSA) is 13.1 Å². The Hall–Kier alpha value is -6.44. The molecule has 0 atom stereocenters. The Kier molecular flexibility index (Phi) is 2.67. The zero-order chi connectivity index (χ0) is 47.5. The normalized spacial score (nSPS) is 17.6. The standard InChI is InChI=1S/C48H26O/c1-2-10-34-27(5-1)15-24-41-46-39(35-20-16-32-13-11-28-6-3-8-30-18-22-37(35)44(32)42(28)30)25-26-40(48(46)49-47(34)41)36-21-17-33-14-12-29-7-4-9-31-19-23-38(36)45(33)43(29)31/h1-26H/i3D,4D,6D,7D,8D,9D,11D,12D,13D,14D,16D,17D,18D,19D,20D,21D,22D,23D. The van der Waals surface area contributed by atoms with Crippen molar-refractivity contribution in [3.8, 4) is 22.3 Å². The van der Waals surface area contributed by atoms with Crippen LogP contribution >= 0.6 is 0 Å². The van der Waals surface area contributed by atoms with Gasteiger partial charge in [0.25, 0.3) is 0 Å². The summed E-state index contributed by atoms with van der Waals surface area (Å²) in [5.74, 6) is 0. The molecule has 0 spiro atoms. The summed E-state index contributed by atoms with van der Waals surface area (Å²) in [7, 11) is 0. The molecule has 1 heterocycles. The van der Waals surface area contributed by atoms with Gasteiger partial charge in [-0.25, -0.2) is 0 Å². The van der Waals surface area contributed by atoms with Gasteiger partial charge in [-0.2, -0.15) is 0 Å². The Balaban J connectivity index is 1.32. The van der Waals surface area contributed by atoms with Crippen LogP contribution in [0.15, 0.2) is 162 Å². The van der Waals surface area contributed by atoms with Crippen molar-refractivity contribution in [2.45, 2.75) is 0 Å². The van der Waals surface area contributed by atoms with Crippen LogP contribution in [-0.4, -0.2) is 0 Å². The molecule has 0 bridgehead atoms. The molecule has 0 aliphatic heterocycles. The van der Waals surface area contributed by atoms with Crippen LogP contribution in [0.25, 0.3) is 120 Å². The van der Waals surface area contributed by atoms with E-state index < -0.39 is 109 Å². The van der Waals surface area contributed by atoms with E-state index in [4.69, 9.17) is 18.1 Å². The average molecular weight is 637 g/mol. The molecule has 0 saturated carbocycles. The first-order valence-electron chi connectivity index (χ1n) is 24.6. The predicted octanol–water partition coefficient (Wildman–Crippen LogP) is 13.9. The van der Waals surface area contributed by atoms with Gasteiger partial charge < -0.3 is 4.42 Å².